The standard InChI is InChI=1S/C18H18N4O2S/c1-2-25(23,24)12-14-8-10-16(11-9-14)21-18-20-13-19-17(22-18)15-6-4-3-5-7-15/h3-11,13H,2,12H2,1H3,(H,19,20,21,22). The number of rotatable bonds is 6. The van der Waals surface area contributed by atoms with E-state index in [0.717, 1.165) is 16.8 Å². The van der Waals surface area contributed by atoms with E-state index in [4.69, 9.17) is 0 Å². The second-order valence-corrected chi connectivity index (χ2v) is 7.85. The fourth-order valence-corrected chi connectivity index (χ4v) is 3.16. The van der Waals surface area contributed by atoms with Crippen molar-refractivity contribution in [3.8, 4) is 11.4 Å². The Morgan fingerprint density at radius 3 is 2.36 bits per heavy atom. The van der Waals surface area contributed by atoms with Crippen molar-refractivity contribution in [2.75, 3.05) is 11.1 Å². The van der Waals surface area contributed by atoms with Crippen molar-refractivity contribution >= 4 is 21.5 Å². The van der Waals surface area contributed by atoms with Crippen molar-refractivity contribution < 1.29 is 8.42 Å². The molecule has 7 heteroatoms. The zero-order valence-electron chi connectivity index (χ0n) is 13.8. The van der Waals surface area contributed by atoms with E-state index in [2.05, 4.69) is 20.3 Å². The van der Waals surface area contributed by atoms with Gasteiger partial charge in [0.1, 0.15) is 6.33 Å². The second-order valence-electron chi connectivity index (χ2n) is 5.50. The molecule has 0 saturated heterocycles. The molecule has 0 saturated carbocycles. The Morgan fingerprint density at radius 1 is 0.960 bits per heavy atom. The van der Waals surface area contributed by atoms with Gasteiger partial charge in [-0.1, -0.05) is 49.4 Å². The van der Waals surface area contributed by atoms with Gasteiger partial charge in [-0.3, -0.25) is 0 Å². The van der Waals surface area contributed by atoms with Gasteiger partial charge in [0.2, 0.25) is 5.95 Å². The van der Waals surface area contributed by atoms with Crippen molar-refractivity contribution in [2.45, 2.75) is 12.7 Å². The smallest absolute Gasteiger partial charge is 0.230 e. The lowest BCUT2D eigenvalue weighted by Crippen LogP contribution is -2.06. The first-order valence-electron chi connectivity index (χ1n) is 7.86. The van der Waals surface area contributed by atoms with Crippen LogP contribution in [0.15, 0.2) is 60.9 Å². The van der Waals surface area contributed by atoms with Gasteiger partial charge in [-0.15, -0.1) is 0 Å². The summed E-state index contributed by atoms with van der Waals surface area (Å²) in [5.41, 5.74) is 2.45. The monoisotopic (exact) mass is 354 g/mol. The van der Waals surface area contributed by atoms with Gasteiger partial charge in [-0.25, -0.2) is 18.4 Å². The van der Waals surface area contributed by atoms with Crippen LogP contribution < -0.4 is 5.32 Å². The summed E-state index contributed by atoms with van der Waals surface area (Å²) in [7, 11) is -3.03. The van der Waals surface area contributed by atoms with Crippen LogP contribution in [0.1, 0.15) is 12.5 Å². The Hall–Kier alpha value is -2.80. The quantitative estimate of drug-likeness (QED) is 0.731. The van der Waals surface area contributed by atoms with Crippen molar-refractivity contribution in [3.63, 3.8) is 0 Å². The molecule has 0 amide bonds. The topological polar surface area (TPSA) is 84.8 Å². The summed E-state index contributed by atoms with van der Waals surface area (Å²) in [6, 6.07) is 16.8. The zero-order valence-corrected chi connectivity index (χ0v) is 14.6. The van der Waals surface area contributed by atoms with E-state index in [1.54, 1.807) is 19.1 Å². The van der Waals surface area contributed by atoms with E-state index in [0.29, 0.717) is 11.8 Å². The molecule has 3 aromatic rings. The highest BCUT2D eigenvalue weighted by atomic mass is 32.2. The minimum atomic E-state index is -3.03. The highest BCUT2D eigenvalue weighted by molar-refractivity contribution is 7.90. The molecule has 128 valence electrons. The second kappa shape index (κ2) is 7.40. The van der Waals surface area contributed by atoms with Gasteiger partial charge in [0.05, 0.1) is 5.75 Å². The molecular formula is C18H18N4O2S. The van der Waals surface area contributed by atoms with Crippen LogP contribution in [-0.2, 0) is 15.6 Å². The van der Waals surface area contributed by atoms with E-state index >= 15 is 0 Å². The van der Waals surface area contributed by atoms with Gasteiger partial charge in [0.25, 0.3) is 0 Å². The normalized spacial score (nSPS) is 11.2. The van der Waals surface area contributed by atoms with Crippen LogP contribution in [0.4, 0.5) is 11.6 Å². The minimum absolute atomic E-state index is 0.0493. The van der Waals surface area contributed by atoms with Crippen molar-refractivity contribution in [3.05, 3.63) is 66.5 Å². The molecule has 0 spiro atoms. The summed E-state index contributed by atoms with van der Waals surface area (Å²) in [6.45, 7) is 1.65. The molecule has 1 N–H and O–H groups in total. The Kier molecular flexibility index (Phi) is 5.04. The fourth-order valence-electron chi connectivity index (χ4n) is 2.25. The first-order valence-corrected chi connectivity index (χ1v) is 9.69. The van der Waals surface area contributed by atoms with Crippen LogP contribution in [0.2, 0.25) is 0 Å². The molecule has 0 fully saturated rings. The number of hydrogen-bond acceptors (Lipinski definition) is 6. The van der Waals surface area contributed by atoms with Gasteiger partial charge in [0.15, 0.2) is 15.7 Å². The predicted molar refractivity (Wildman–Crippen MR) is 98.2 cm³/mol. The first kappa shape index (κ1) is 17.0. The molecule has 0 radical (unpaired) electrons. The van der Waals surface area contributed by atoms with E-state index in [9.17, 15) is 8.42 Å². The zero-order chi connectivity index (χ0) is 17.7. The van der Waals surface area contributed by atoms with Crippen LogP contribution >= 0.6 is 0 Å². The number of anilines is 2. The Morgan fingerprint density at radius 2 is 1.68 bits per heavy atom. The van der Waals surface area contributed by atoms with E-state index < -0.39 is 9.84 Å². The number of aromatic nitrogens is 3. The van der Waals surface area contributed by atoms with E-state index in [-0.39, 0.29) is 11.5 Å². The molecule has 1 aromatic heterocycles. The van der Waals surface area contributed by atoms with E-state index in [1.807, 2.05) is 42.5 Å². The average molecular weight is 354 g/mol. The SMILES string of the molecule is CCS(=O)(=O)Cc1ccc(Nc2ncnc(-c3ccccc3)n2)cc1. The molecule has 3 rings (SSSR count). The number of benzene rings is 2. The Bertz CT molecular complexity index is 942. The largest absolute Gasteiger partial charge is 0.324 e. The number of nitrogens with one attached hydrogen (secondary N) is 1. The van der Waals surface area contributed by atoms with Crippen molar-refractivity contribution in [1.29, 1.82) is 0 Å². The van der Waals surface area contributed by atoms with Crippen LogP contribution in [0.25, 0.3) is 11.4 Å². The number of nitrogens with zero attached hydrogens (tertiary/aromatic N) is 3. The lowest BCUT2D eigenvalue weighted by Gasteiger charge is -2.07. The average Bonchev–Trinajstić information content (AvgIpc) is 2.64. The third-order valence-corrected chi connectivity index (χ3v) is 5.29. The summed E-state index contributed by atoms with van der Waals surface area (Å²) in [4.78, 5) is 12.7. The van der Waals surface area contributed by atoms with E-state index in [1.165, 1.54) is 6.33 Å². The predicted octanol–water partition coefficient (Wildman–Crippen LogP) is 3.22. The maximum absolute atomic E-state index is 11.7. The lowest BCUT2D eigenvalue weighted by molar-refractivity contribution is 0.596. The van der Waals surface area contributed by atoms with Crippen molar-refractivity contribution in [2.24, 2.45) is 0 Å². The van der Waals surface area contributed by atoms with Gasteiger partial charge < -0.3 is 5.32 Å². The molecule has 0 atom stereocenters. The summed E-state index contributed by atoms with van der Waals surface area (Å²) >= 11 is 0. The third-order valence-electron chi connectivity index (χ3n) is 3.64. The number of hydrogen-bond donors (Lipinski definition) is 1. The molecule has 0 bridgehead atoms. The Balaban J connectivity index is 1.75. The summed E-state index contributed by atoms with van der Waals surface area (Å²) in [5.74, 6) is 1.21. The molecule has 0 aliphatic rings. The molecule has 0 aliphatic carbocycles. The van der Waals surface area contributed by atoms with Gasteiger partial charge >= 0.3 is 0 Å². The van der Waals surface area contributed by atoms with Gasteiger partial charge in [-0.2, -0.15) is 4.98 Å². The fraction of sp³-hybridized carbons (Fsp3) is 0.167. The van der Waals surface area contributed by atoms with Crippen LogP contribution in [-0.4, -0.2) is 29.1 Å². The highest BCUT2D eigenvalue weighted by Crippen LogP contribution is 2.18. The summed E-state index contributed by atoms with van der Waals surface area (Å²) < 4.78 is 23.3. The van der Waals surface area contributed by atoms with Gasteiger partial charge in [-0.05, 0) is 17.7 Å². The maximum Gasteiger partial charge on any atom is 0.230 e. The molecule has 6 nitrogen and oxygen atoms in total. The molecular weight excluding hydrogens is 336 g/mol. The Labute approximate surface area is 146 Å². The molecule has 0 aliphatic heterocycles. The lowest BCUT2D eigenvalue weighted by atomic mass is 10.2. The molecule has 25 heavy (non-hydrogen) atoms. The van der Waals surface area contributed by atoms with Crippen LogP contribution in [0.3, 0.4) is 0 Å². The minimum Gasteiger partial charge on any atom is -0.324 e. The summed E-state index contributed by atoms with van der Waals surface area (Å²) in [5, 5.41) is 3.11. The highest BCUT2D eigenvalue weighted by Gasteiger charge is 2.09. The van der Waals surface area contributed by atoms with Crippen LogP contribution in [0.5, 0.6) is 0 Å². The molecule has 1 heterocycles. The van der Waals surface area contributed by atoms with Crippen molar-refractivity contribution in [1.82, 2.24) is 15.0 Å². The maximum atomic E-state index is 11.7. The first-order chi connectivity index (χ1) is 12.1. The summed E-state index contributed by atoms with van der Waals surface area (Å²) in [6.07, 6.45) is 1.46. The van der Waals surface area contributed by atoms with Crippen LogP contribution in [0, 0.1) is 0 Å². The third kappa shape index (κ3) is 4.60. The molecule has 2 aromatic carbocycles. The van der Waals surface area contributed by atoms with Gasteiger partial charge in [0, 0.05) is 17.0 Å². The number of sulfone groups is 1. The molecule has 0 unspecified atom stereocenters.